The molecule has 7 heteroatoms. The van der Waals surface area contributed by atoms with E-state index in [1.54, 1.807) is 21.7 Å². The zero-order chi connectivity index (χ0) is 18.3. The van der Waals surface area contributed by atoms with Crippen LogP contribution in [0.2, 0.25) is 0 Å². The van der Waals surface area contributed by atoms with Crippen LogP contribution in [0, 0.1) is 6.92 Å². The van der Waals surface area contributed by atoms with Crippen LogP contribution in [0.3, 0.4) is 0 Å². The quantitative estimate of drug-likeness (QED) is 0.667. The van der Waals surface area contributed by atoms with Crippen molar-refractivity contribution in [3.8, 4) is 0 Å². The van der Waals surface area contributed by atoms with Gasteiger partial charge in [-0.25, -0.2) is 13.4 Å². The Kier molecular flexibility index (Phi) is 4.62. The van der Waals surface area contributed by atoms with Crippen molar-refractivity contribution in [2.75, 3.05) is 13.1 Å². The van der Waals surface area contributed by atoms with Crippen molar-refractivity contribution >= 4 is 31.7 Å². The smallest absolute Gasteiger partial charge is 0.243 e. The maximum Gasteiger partial charge on any atom is 0.243 e. The molecule has 0 amide bonds. The lowest BCUT2D eigenvalue weighted by Gasteiger charge is -2.18. The number of aryl methyl sites for hydroxylation is 1. The van der Waals surface area contributed by atoms with Crippen LogP contribution in [-0.4, -0.2) is 35.4 Å². The van der Waals surface area contributed by atoms with Crippen LogP contribution in [-0.2, 0) is 23.0 Å². The van der Waals surface area contributed by atoms with Gasteiger partial charge in [-0.05, 0) is 43.9 Å². The third kappa shape index (κ3) is 2.78. The summed E-state index contributed by atoms with van der Waals surface area (Å²) >= 11 is 1.63. The van der Waals surface area contributed by atoms with Gasteiger partial charge in [0, 0.05) is 31.7 Å². The Morgan fingerprint density at radius 3 is 2.65 bits per heavy atom. The number of aromatic nitrogens is 2. The summed E-state index contributed by atoms with van der Waals surface area (Å²) in [6.45, 7) is 6.33. The number of nitrogens with zero attached hydrogens (tertiary/aromatic N) is 3. The number of rotatable bonds is 5. The number of benzene rings is 1. The fourth-order valence-electron chi connectivity index (χ4n) is 3.88. The zero-order valence-electron chi connectivity index (χ0n) is 15.1. The SMILES string of the molecule is CCn1c(C)c(Cc2ccccc2S(=O)(=O)N2CCCC2)c2scnc21. The molecule has 3 heterocycles. The number of hydrogen-bond acceptors (Lipinski definition) is 4. The average molecular weight is 390 g/mol. The topological polar surface area (TPSA) is 55.2 Å². The monoisotopic (exact) mass is 389 g/mol. The molecule has 1 aromatic carbocycles. The van der Waals surface area contributed by atoms with E-state index < -0.39 is 10.0 Å². The number of hydrogen-bond donors (Lipinski definition) is 0. The summed E-state index contributed by atoms with van der Waals surface area (Å²) in [4.78, 5) is 4.95. The molecule has 0 radical (unpaired) electrons. The molecule has 0 saturated carbocycles. The minimum atomic E-state index is -3.43. The molecule has 1 fully saturated rings. The van der Waals surface area contributed by atoms with E-state index in [4.69, 9.17) is 0 Å². The molecule has 5 nitrogen and oxygen atoms in total. The molecule has 3 aromatic rings. The molecule has 0 atom stereocenters. The molecule has 2 aromatic heterocycles. The summed E-state index contributed by atoms with van der Waals surface area (Å²) in [6.07, 6.45) is 2.50. The molecule has 138 valence electrons. The lowest BCUT2D eigenvalue weighted by molar-refractivity contribution is 0.477. The first-order valence-electron chi connectivity index (χ1n) is 9.03. The Labute approximate surface area is 158 Å². The van der Waals surface area contributed by atoms with Crippen molar-refractivity contribution in [1.82, 2.24) is 13.9 Å². The first-order valence-corrected chi connectivity index (χ1v) is 11.3. The Morgan fingerprint density at radius 2 is 1.92 bits per heavy atom. The minimum absolute atomic E-state index is 0.447. The maximum absolute atomic E-state index is 13.1. The Bertz CT molecular complexity index is 1040. The fourth-order valence-corrected chi connectivity index (χ4v) is 6.51. The molecule has 0 unspecified atom stereocenters. The van der Waals surface area contributed by atoms with Gasteiger partial charge in [-0.15, -0.1) is 11.3 Å². The van der Waals surface area contributed by atoms with E-state index in [0.717, 1.165) is 35.3 Å². The van der Waals surface area contributed by atoms with Crippen LogP contribution in [0.1, 0.15) is 36.6 Å². The molecule has 4 rings (SSSR count). The van der Waals surface area contributed by atoms with Crippen LogP contribution in [0.15, 0.2) is 34.7 Å². The van der Waals surface area contributed by atoms with Crippen molar-refractivity contribution in [2.24, 2.45) is 0 Å². The molecule has 1 aliphatic rings. The van der Waals surface area contributed by atoms with Crippen LogP contribution < -0.4 is 0 Å². The number of sulfonamides is 1. The first kappa shape index (κ1) is 17.7. The van der Waals surface area contributed by atoms with Gasteiger partial charge in [-0.3, -0.25) is 0 Å². The van der Waals surface area contributed by atoms with Gasteiger partial charge >= 0.3 is 0 Å². The molecular formula is C19H23N3O2S2. The maximum atomic E-state index is 13.1. The van der Waals surface area contributed by atoms with Crippen LogP contribution in [0.25, 0.3) is 10.3 Å². The Balaban J connectivity index is 1.79. The summed E-state index contributed by atoms with van der Waals surface area (Å²) < 4.78 is 31.2. The highest BCUT2D eigenvalue weighted by molar-refractivity contribution is 7.89. The molecule has 0 N–H and O–H groups in total. The highest BCUT2D eigenvalue weighted by Gasteiger charge is 2.29. The van der Waals surface area contributed by atoms with E-state index >= 15 is 0 Å². The van der Waals surface area contributed by atoms with E-state index in [2.05, 4.69) is 23.4 Å². The molecule has 1 aliphatic heterocycles. The second-order valence-corrected chi connectivity index (χ2v) is 9.47. The van der Waals surface area contributed by atoms with Gasteiger partial charge in [0.25, 0.3) is 0 Å². The third-order valence-corrected chi connectivity index (χ3v) is 8.13. The van der Waals surface area contributed by atoms with Gasteiger partial charge in [0.15, 0.2) is 5.65 Å². The largest absolute Gasteiger partial charge is 0.329 e. The fraction of sp³-hybridized carbons (Fsp3) is 0.421. The van der Waals surface area contributed by atoms with Crippen LogP contribution in [0.4, 0.5) is 0 Å². The highest BCUT2D eigenvalue weighted by Crippen LogP contribution is 2.32. The van der Waals surface area contributed by atoms with E-state index in [0.29, 0.717) is 24.4 Å². The Morgan fingerprint density at radius 1 is 1.19 bits per heavy atom. The van der Waals surface area contributed by atoms with Gasteiger partial charge in [0.05, 0.1) is 15.1 Å². The lowest BCUT2D eigenvalue weighted by Crippen LogP contribution is -2.28. The molecule has 26 heavy (non-hydrogen) atoms. The number of thiazole rings is 1. The normalized spacial score (nSPS) is 15.9. The van der Waals surface area contributed by atoms with Crippen molar-refractivity contribution in [1.29, 1.82) is 0 Å². The van der Waals surface area contributed by atoms with Gasteiger partial charge in [0.2, 0.25) is 10.0 Å². The van der Waals surface area contributed by atoms with Crippen LogP contribution in [0.5, 0.6) is 0 Å². The average Bonchev–Trinajstić information content (AvgIpc) is 3.36. The molecule has 0 spiro atoms. The van der Waals surface area contributed by atoms with Crippen molar-refractivity contribution in [2.45, 2.75) is 44.6 Å². The zero-order valence-corrected chi connectivity index (χ0v) is 16.7. The molecule has 0 bridgehead atoms. The van der Waals surface area contributed by atoms with Crippen LogP contribution >= 0.6 is 11.3 Å². The van der Waals surface area contributed by atoms with E-state index in [9.17, 15) is 8.42 Å². The summed E-state index contributed by atoms with van der Waals surface area (Å²) in [7, 11) is -3.43. The summed E-state index contributed by atoms with van der Waals surface area (Å²) in [5, 5.41) is 0. The predicted octanol–water partition coefficient (Wildman–Crippen LogP) is 3.80. The molecular weight excluding hydrogens is 366 g/mol. The second-order valence-electron chi connectivity index (χ2n) is 6.71. The number of fused-ring (bicyclic) bond motifs is 1. The van der Waals surface area contributed by atoms with Crippen molar-refractivity contribution in [3.63, 3.8) is 0 Å². The second kappa shape index (κ2) is 6.79. The van der Waals surface area contributed by atoms with Gasteiger partial charge in [-0.2, -0.15) is 4.31 Å². The predicted molar refractivity (Wildman–Crippen MR) is 105 cm³/mol. The molecule has 1 saturated heterocycles. The van der Waals surface area contributed by atoms with Gasteiger partial charge < -0.3 is 4.57 Å². The van der Waals surface area contributed by atoms with E-state index in [-0.39, 0.29) is 0 Å². The standard InChI is InChI=1S/C19H23N3O2S2/c1-3-22-14(2)16(18-19(22)20-13-25-18)12-15-8-4-5-9-17(15)26(23,24)21-10-6-7-11-21/h4-5,8-9,13H,3,6-7,10-12H2,1-2H3. The van der Waals surface area contributed by atoms with Gasteiger partial charge in [0.1, 0.15) is 0 Å². The summed E-state index contributed by atoms with van der Waals surface area (Å²) in [6, 6.07) is 7.44. The highest BCUT2D eigenvalue weighted by atomic mass is 32.2. The lowest BCUT2D eigenvalue weighted by atomic mass is 10.1. The molecule has 0 aliphatic carbocycles. The Hall–Kier alpha value is -1.70. The summed E-state index contributed by atoms with van der Waals surface area (Å²) in [5.41, 5.74) is 6.10. The van der Waals surface area contributed by atoms with Crippen molar-refractivity contribution < 1.29 is 8.42 Å². The van der Waals surface area contributed by atoms with E-state index in [1.807, 2.05) is 23.7 Å². The minimum Gasteiger partial charge on any atom is -0.329 e. The van der Waals surface area contributed by atoms with E-state index in [1.165, 1.54) is 11.3 Å². The first-order chi connectivity index (χ1) is 12.5. The third-order valence-electron chi connectivity index (χ3n) is 5.26. The summed E-state index contributed by atoms with van der Waals surface area (Å²) in [5.74, 6) is 0. The van der Waals surface area contributed by atoms with Gasteiger partial charge in [-0.1, -0.05) is 18.2 Å². The van der Waals surface area contributed by atoms with Crippen molar-refractivity contribution in [3.05, 3.63) is 46.6 Å².